The molecule has 2 aliphatic rings. The molecule has 2 heterocycles. The number of benzene rings is 1. The number of hydrogen-bond acceptors (Lipinski definition) is 6. The fourth-order valence-electron chi connectivity index (χ4n) is 4.62. The predicted molar refractivity (Wildman–Crippen MR) is 104 cm³/mol. The van der Waals surface area contributed by atoms with Crippen LogP contribution in [0.4, 0.5) is 21.8 Å². The molecular formula is C21H24FN5O. The Balaban J connectivity index is 1.84. The minimum Gasteiger partial charge on any atom is -0.385 e. The van der Waals surface area contributed by atoms with E-state index < -0.39 is 11.4 Å². The maximum Gasteiger partial charge on any atom is 0.222 e. The predicted octanol–water partition coefficient (Wildman–Crippen LogP) is 3.67. The number of nitrogens with zero attached hydrogens (tertiary/aromatic N) is 4. The summed E-state index contributed by atoms with van der Waals surface area (Å²) in [5.74, 6) is -0.409. The van der Waals surface area contributed by atoms with Crippen LogP contribution in [0.5, 0.6) is 0 Å². The lowest BCUT2D eigenvalue weighted by Crippen LogP contribution is -2.29. The summed E-state index contributed by atoms with van der Waals surface area (Å²) in [5, 5.41) is 20.1. The average molecular weight is 381 g/mol. The van der Waals surface area contributed by atoms with Gasteiger partial charge in [0.05, 0.1) is 17.9 Å². The zero-order chi connectivity index (χ0) is 19.9. The highest BCUT2D eigenvalue weighted by atomic mass is 19.1. The molecule has 1 saturated carbocycles. The molecule has 0 radical (unpaired) electrons. The summed E-state index contributed by atoms with van der Waals surface area (Å²) in [7, 11) is 0. The minimum atomic E-state index is -0.838. The van der Waals surface area contributed by atoms with Gasteiger partial charge in [-0.3, -0.25) is 0 Å². The fourth-order valence-corrected chi connectivity index (χ4v) is 4.62. The Bertz CT molecular complexity index is 950. The van der Waals surface area contributed by atoms with Crippen LogP contribution in [0, 0.1) is 17.1 Å². The number of nitriles is 1. The van der Waals surface area contributed by atoms with E-state index in [1.165, 1.54) is 0 Å². The van der Waals surface area contributed by atoms with E-state index in [9.17, 15) is 9.50 Å². The van der Waals surface area contributed by atoms with Gasteiger partial charge in [-0.25, -0.2) is 9.37 Å². The zero-order valence-corrected chi connectivity index (χ0v) is 16.0. The molecule has 3 N–H and O–H groups in total. The van der Waals surface area contributed by atoms with Crippen LogP contribution in [0.25, 0.3) is 0 Å². The van der Waals surface area contributed by atoms with Gasteiger partial charge in [0.2, 0.25) is 5.95 Å². The van der Waals surface area contributed by atoms with Crippen molar-refractivity contribution in [1.82, 2.24) is 9.97 Å². The molecule has 2 aromatic rings. The van der Waals surface area contributed by atoms with Crippen molar-refractivity contribution in [1.29, 1.82) is 5.26 Å². The van der Waals surface area contributed by atoms with Gasteiger partial charge >= 0.3 is 0 Å². The highest BCUT2D eigenvalue weighted by molar-refractivity contribution is 5.72. The summed E-state index contributed by atoms with van der Waals surface area (Å²) >= 11 is 0. The second-order valence-corrected chi connectivity index (χ2v) is 8.18. The molecule has 1 unspecified atom stereocenters. The molecule has 4 rings (SSSR count). The van der Waals surface area contributed by atoms with Crippen molar-refractivity contribution in [2.24, 2.45) is 0 Å². The molecule has 0 spiro atoms. The highest BCUT2D eigenvalue weighted by Crippen LogP contribution is 2.49. The van der Waals surface area contributed by atoms with E-state index in [1.807, 2.05) is 23.1 Å². The molecule has 1 aromatic heterocycles. The third-order valence-corrected chi connectivity index (χ3v) is 6.20. The third-order valence-electron chi connectivity index (χ3n) is 6.20. The number of aromatic nitrogens is 2. The van der Waals surface area contributed by atoms with Gasteiger partial charge in [-0.15, -0.1) is 0 Å². The molecule has 146 valence electrons. The Kier molecular flexibility index (Phi) is 4.47. The molecule has 1 atom stereocenters. The quantitative estimate of drug-likeness (QED) is 0.838. The zero-order valence-electron chi connectivity index (χ0n) is 16.0. The molecule has 1 aliphatic heterocycles. The summed E-state index contributed by atoms with van der Waals surface area (Å²) in [5.41, 5.74) is 7.25. The van der Waals surface area contributed by atoms with Gasteiger partial charge in [-0.05, 0) is 36.5 Å². The first-order valence-electron chi connectivity index (χ1n) is 9.66. The van der Waals surface area contributed by atoms with Crippen LogP contribution in [0.3, 0.4) is 0 Å². The Morgan fingerprint density at radius 2 is 2.11 bits per heavy atom. The van der Waals surface area contributed by atoms with Crippen molar-refractivity contribution < 1.29 is 9.50 Å². The van der Waals surface area contributed by atoms with E-state index in [0.717, 1.165) is 48.7 Å². The van der Waals surface area contributed by atoms with Crippen LogP contribution in [-0.2, 0) is 11.0 Å². The number of nitrogen functional groups attached to an aromatic ring is 1. The maximum absolute atomic E-state index is 14.6. The van der Waals surface area contributed by atoms with Crippen LogP contribution in [-0.4, -0.2) is 21.6 Å². The van der Waals surface area contributed by atoms with E-state index in [4.69, 9.17) is 11.0 Å². The van der Waals surface area contributed by atoms with Crippen molar-refractivity contribution >= 4 is 17.5 Å². The third kappa shape index (κ3) is 2.98. The molecule has 0 saturated heterocycles. The summed E-state index contributed by atoms with van der Waals surface area (Å²) in [6, 6.07) is 8.15. The van der Waals surface area contributed by atoms with Crippen molar-refractivity contribution in [2.75, 3.05) is 17.2 Å². The first-order valence-corrected chi connectivity index (χ1v) is 9.66. The largest absolute Gasteiger partial charge is 0.385 e. The Morgan fingerprint density at radius 3 is 2.82 bits per heavy atom. The van der Waals surface area contributed by atoms with E-state index in [1.54, 1.807) is 0 Å². The lowest BCUT2D eigenvalue weighted by atomic mass is 9.79. The Morgan fingerprint density at radius 1 is 1.36 bits per heavy atom. The summed E-state index contributed by atoms with van der Waals surface area (Å²) in [6.45, 7) is 2.56. The first kappa shape index (κ1) is 18.6. The van der Waals surface area contributed by atoms with Gasteiger partial charge in [0.1, 0.15) is 0 Å². The lowest BCUT2D eigenvalue weighted by molar-refractivity contribution is 0.0445. The lowest BCUT2D eigenvalue weighted by Gasteiger charge is -2.25. The number of hydrogen-bond donors (Lipinski definition) is 2. The van der Waals surface area contributed by atoms with Crippen molar-refractivity contribution in [3.8, 4) is 6.07 Å². The smallest absolute Gasteiger partial charge is 0.222 e. The molecule has 1 aromatic carbocycles. The molecule has 1 fully saturated rings. The van der Waals surface area contributed by atoms with Crippen LogP contribution in [0.2, 0.25) is 0 Å². The summed E-state index contributed by atoms with van der Waals surface area (Å²) < 4.78 is 14.6. The number of halogens is 1. The Hall–Kier alpha value is -2.72. The van der Waals surface area contributed by atoms with Crippen molar-refractivity contribution in [3.05, 3.63) is 41.3 Å². The molecule has 28 heavy (non-hydrogen) atoms. The van der Waals surface area contributed by atoms with Crippen molar-refractivity contribution in [3.63, 3.8) is 0 Å². The fraction of sp³-hybridized carbons (Fsp3) is 0.476. The highest BCUT2D eigenvalue weighted by Gasteiger charge is 2.42. The SMILES string of the molecule is CC1(CCC#N)CN(c2nc(N)ncc2F)c2cc(C3(O)CCCC3)ccc21. The number of anilines is 3. The molecular weight excluding hydrogens is 357 g/mol. The van der Waals surface area contributed by atoms with Crippen LogP contribution in [0.15, 0.2) is 24.4 Å². The van der Waals surface area contributed by atoms with Gasteiger partial charge in [-0.2, -0.15) is 10.2 Å². The first-order chi connectivity index (χ1) is 13.4. The number of rotatable bonds is 4. The van der Waals surface area contributed by atoms with Gasteiger partial charge in [-0.1, -0.05) is 31.9 Å². The summed E-state index contributed by atoms with van der Waals surface area (Å²) in [6.07, 6.45) is 5.58. The van der Waals surface area contributed by atoms with Gasteiger partial charge in [0.15, 0.2) is 11.6 Å². The van der Waals surface area contributed by atoms with E-state index in [0.29, 0.717) is 19.4 Å². The molecule has 7 heteroatoms. The molecule has 0 bridgehead atoms. The van der Waals surface area contributed by atoms with Crippen molar-refractivity contribution in [2.45, 2.75) is 56.5 Å². The van der Waals surface area contributed by atoms with Crippen LogP contribution in [0.1, 0.15) is 56.6 Å². The van der Waals surface area contributed by atoms with Gasteiger partial charge in [0, 0.05) is 24.1 Å². The summed E-state index contributed by atoms with van der Waals surface area (Å²) in [4.78, 5) is 9.67. The topological polar surface area (TPSA) is 99.1 Å². The molecule has 0 amide bonds. The molecule has 6 nitrogen and oxygen atoms in total. The minimum absolute atomic E-state index is 0.00848. The van der Waals surface area contributed by atoms with E-state index in [2.05, 4.69) is 23.0 Å². The second-order valence-electron chi connectivity index (χ2n) is 8.18. The number of fused-ring (bicyclic) bond motifs is 1. The van der Waals surface area contributed by atoms with Gasteiger partial charge in [0.25, 0.3) is 0 Å². The van der Waals surface area contributed by atoms with E-state index >= 15 is 0 Å². The average Bonchev–Trinajstić information content (AvgIpc) is 3.25. The molecule has 1 aliphatic carbocycles. The van der Waals surface area contributed by atoms with Gasteiger partial charge < -0.3 is 15.7 Å². The number of nitrogens with two attached hydrogens (primary N) is 1. The van der Waals surface area contributed by atoms with Crippen LogP contribution >= 0.6 is 0 Å². The maximum atomic E-state index is 14.6. The number of aliphatic hydroxyl groups is 1. The Labute approximate surface area is 163 Å². The van der Waals surface area contributed by atoms with Crippen LogP contribution < -0.4 is 10.6 Å². The van der Waals surface area contributed by atoms with E-state index in [-0.39, 0.29) is 17.2 Å². The second kappa shape index (κ2) is 6.71. The normalized spacial score (nSPS) is 22.9. The monoisotopic (exact) mass is 381 g/mol. The standard InChI is InChI=1S/C21H24FN5O/c1-20(7-4-10-23)13-27(18-16(22)12-25-19(24)26-18)17-11-14(5-6-15(17)20)21(28)8-2-3-9-21/h5-6,11-12,28H,2-4,7-9,13H2,1H3,(H2,24,25,26).